The van der Waals surface area contributed by atoms with Crippen LogP contribution in [0.5, 0.6) is 5.75 Å². The van der Waals surface area contributed by atoms with E-state index in [0.717, 1.165) is 5.57 Å². The molecule has 0 bridgehead atoms. The summed E-state index contributed by atoms with van der Waals surface area (Å²) in [6.45, 7) is 5.28. The van der Waals surface area contributed by atoms with Crippen molar-refractivity contribution in [2.24, 2.45) is 0 Å². The summed E-state index contributed by atoms with van der Waals surface area (Å²) < 4.78 is 100. The molecule has 0 saturated heterocycles. The van der Waals surface area contributed by atoms with Crippen molar-refractivity contribution in [2.45, 2.75) is 19.5 Å². The van der Waals surface area contributed by atoms with Crippen LogP contribution in [0.3, 0.4) is 0 Å². The molecular formula is C21H15F7O. The number of alkyl halides is 2. The van der Waals surface area contributed by atoms with Gasteiger partial charge in [-0.3, -0.25) is 0 Å². The predicted molar refractivity (Wildman–Crippen MR) is 94.0 cm³/mol. The molecule has 0 spiro atoms. The van der Waals surface area contributed by atoms with Crippen molar-refractivity contribution in [1.29, 1.82) is 0 Å². The van der Waals surface area contributed by atoms with Gasteiger partial charge in [-0.2, -0.15) is 8.78 Å². The molecule has 0 aliphatic carbocycles. The topological polar surface area (TPSA) is 9.23 Å². The number of rotatable bonds is 7. The van der Waals surface area contributed by atoms with Gasteiger partial charge < -0.3 is 4.74 Å². The minimum absolute atomic E-state index is 0.0528. The van der Waals surface area contributed by atoms with Gasteiger partial charge >= 0.3 is 6.11 Å². The quantitative estimate of drug-likeness (QED) is 0.276. The number of ether oxygens (including phenoxy) is 1. The third kappa shape index (κ3) is 5.49. The van der Waals surface area contributed by atoms with Gasteiger partial charge in [-0.15, -0.1) is 0 Å². The first-order valence-corrected chi connectivity index (χ1v) is 8.20. The first-order chi connectivity index (χ1) is 13.5. The smallest absolute Gasteiger partial charge is 0.429 e. The maximum Gasteiger partial charge on any atom is 0.432 e. The molecule has 0 aliphatic heterocycles. The van der Waals surface area contributed by atoms with Gasteiger partial charge in [-0.25, -0.2) is 22.0 Å². The van der Waals surface area contributed by atoms with E-state index in [1.807, 2.05) is 0 Å². The van der Waals surface area contributed by atoms with Crippen molar-refractivity contribution in [3.63, 3.8) is 0 Å². The van der Waals surface area contributed by atoms with Gasteiger partial charge in [0.25, 0.3) is 0 Å². The lowest BCUT2D eigenvalue weighted by Crippen LogP contribution is -2.25. The molecule has 29 heavy (non-hydrogen) atoms. The van der Waals surface area contributed by atoms with Crippen LogP contribution in [0.2, 0.25) is 0 Å². The normalized spacial score (nSPS) is 12.5. The molecule has 0 amide bonds. The third-order valence-corrected chi connectivity index (χ3v) is 3.71. The molecule has 8 heteroatoms. The van der Waals surface area contributed by atoms with Gasteiger partial charge in [0.05, 0.1) is 0 Å². The summed E-state index contributed by atoms with van der Waals surface area (Å²) >= 11 is 0. The maximum atomic E-state index is 14.2. The van der Waals surface area contributed by atoms with Crippen LogP contribution in [0.15, 0.2) is 60.7 Å². The summed E-state index contributed by atoms with van der Waals surface area (Å²) in [5.74, 6) is -9.84. The number of halogens is 7. The van der Waals surface area contributed by atoms with Crippen molar-refractivity contribution in [2.75, 3.05) is 0 Å². The van der Waals surface area contributed by atoms with Crippen LogP contribution in [0, 0.1) is 29.1 Å². The molecule has 0 unspecified atom stereocenters. The fraction of sp³-hybridized carbons (Fsp3) is 0.143. The molecule has 1 nitrogen and oxygen atoms in total. The average Bonchev–Trinajstić information content (AvgIpc) is 2.58. The second-order valence-electron chi connectivity index (χ2n) is 6.01. The van der Waals surface area contributed by atoms with Crippen LogP contribution in [0.1, 0.15) is 18.1 Å². The van der Waals surface area contributed by atoms with Gasteiger partial charge in [-0.05, 0) is 31.0 Å². The van der Waals surface area contributed by atoms with Crippen molar-refractivity contribution in [1.82, 2.24) is 0 Å². The minimum Gasteiger partial charge on any atom is -0.429 e. The van der Waals surface area contributed by atoms with E-state index in [1.165, 1.54) is 0 Å². The second kappa shape index (κ2) is 8.98. The first-order valence-electron chi connectivity index (χ1n) is 8.20. The van der Waals surface area contributed by atoms with E-state index in [-0.39, 0.29) is 24.1 Å². The molecule has 0 fully saturated rings. The number of allylic oxidation sites excluding steroid dienone is 5. The molecule has 2 rings (SSSR count). The second-order valence-corrected chi connectivity index (χ2v) is 6.01. The largest absolute Gasteiger partial charge is 0.432 e. The molecule has 0 heterocycles. The van der Waals surface area contributed by atoms with Crippen molar-refractivity contribution in [3.8, 4) is 5.75 Å². The van der Waals surface area contributed by atoms with Crippen LogP contribution in [0.4, 0.5) is 30.7 Å². The number of benzene rings is 2. The highest BCUT2D eigenvalue weighted by atomic mass is 19.3. The summed E-state index contributed by atoms with van der Waals surface area (Å²) in [5.41, 5.74) is -0.851. The van der Waals surface area contributed by atoms with E-state index >= 15 is 0 Å². The summed E-state index contributed by atoms with van der Waals surface area (Å²) in [6.07, 6.45) is 1.91. The Morgan fingerprint density at radius 2 is 1.52 bits per heavy atom. The Labute approximate surface area is 162 Å². The lowest BCUT2D eigenvalue weighted by molar-refractivity contribution is -0.189. The molecule has 154 valence electrons. The first kappa shape index (κ1) is 22.3. The lowest BCUT2D eigenvalue weighted by Gasteiger charge is -2.20. The van der Waals surface area contributed by atoms with E-state index in [0.29, 0.717) is 12.1 Å². The van der Waals surface area contributed by atoms with E-state index < -0.39 is 46.5 Å². The van der Waals surface area contributed by atoms with Gasteiger partial charge in [0.15, 0.2) is 17.5 Å². The lowest BCUT2D eigenvalue weighted by atomic mass is 10.1. The molecule has 0 aromatic heterocycles. The highest BCUT2D eigenvalue weighted by Gasteiger charge is 2.41. The fourth-order valence-corrected chi connectivity index (χ4v) is 2.43. The van der Waals surface area contributed by atoms with Gasteiger partial charge in [-0.1, -0.05) is 36.5 Å². The highest BCUT2D eigenvalue weighted by Crippen LogP contribution is 2.36. The molecule has 2 aromatic rings. The molecule has 0 N–H and O–H groups in total. The van der Waals surface area contributed by atoms with E-state index in [2.05, 4.69) is 11.3 Å². The molecule has 0 radical (unpaired) electrons. The van der Waals surface area contributed by atoms with Gasteiger partial charge in [0.2, 0.25) is 0 Å². The maximum absolute atomic E-state index is 14.2. The van der Waals surface area contributed by atoms with Gasteiger partial charge in [0.1, 0.15) is 22.9 Å². The zero-order chi connectivity index (χ0) is 21.8. The molecule has 0 saturated carbocycles. The molecule has 0 aliphatic rings. The summed E-state index contributed by atoms with van der Waals surface area (Å²) in [7, 11) is 0. The predicted octanol–water partition coefficient (Wildman–Crippen LogP) is 6.74. The average molecular weight is 416 g/mol. The Morgan fingerprint density at radius 3 is 2.03 bits per heavy atom. The zero-order valence-electron chi connectivity index (χ0n) is 15.1. The summed E-state index contributed by atoms with van der Waals surface area (Å²) in [5, 5.41) is 0. The molecule has 2 aromatic carbocycles. The Hall–Kier alpha value is -3.03. The van der Waals surface area contributed by atoms with E-state index in [9.17, 15) is 30.7 Å². The van der Waals surface area contributed by atoms with Crippen molar-refractivity contribution >= 4 is 0 Å². The Bertz CT molecular complexity index is 931. The van der Waals surface area contributed by atoms with Crippen LogP contribution in [0.25, 0.3) is 0 Å². The monoisotopic (exact) mass is 416 g/mol. The van der Waals surface area contributed by atoms with Crippen molar-refractivity contribution < 1.29 is 35.5 Å². The molecular weight excluding hydrogens is 401 g/mol. The summed E-state index contributed by atoms with van der Waals surface area (Å²) in [4.78, 5) is 0. The SMILES string of the molecule is C=C/C=C(C)\C=C/Cc1cc(F)c(C(F)(F)Oc2cc(F)c(F)c(F)c2)c(F)c1. The molecule has 0 atom stereocenters. The Kier molecular flexibility index (Phi) is 6.89. The highest BCUT2D eigenvalue weighted by molar-refractivity contribution is 5.32. The van der Waals surface area contributed by atoms with Crippen LogP contribution >= 0.6 is 0 Å². The zero-order valence-corrected chi connectivity index (χ0v) is 15.1. The fourth-order valence-electron chi connectivity index (χ4n) is 2.43. The van der Waals surface area contributed by atoms with Crippen molar-refractivity contribution in [3.05, 3.63) is 101 Å². The summed E-state index contributed by atoms with van der Waals surface area (Å²) in [6, 6.07) is 1.66. The van der Waals surface area contributed by atoms with Crippen LogP contribution < -0.4 is 4.74 Å². The van der Waals surface area contributed by atoms with Gasteiger partial charge in [0, 0.05) is 12.1 Å². The Balaban J connectivity index is 2.29. The van der Waals surface area contributed by atoms with Crippen LogP contribution in [-0.2, 0) is 12.5 Å². The van der Waals surface area contributed by atoms with E-state index in [1.54, 1.807) is 31.2 Å². The third-order valence-electron chi connectivity index (χ3n) is 3.71. The standard InChI is InChI=1S/C21H15F7O/c1-3-5-12(2)6-4-7-13-8-15(22)19(16(23)9-13)21(27,28)29-14-10-17(24)20(26)18(25)11-14/h3-6,8-11H,1,7H2,2H3/b6-4-,12-5-. The minimum atomic E-state index is -4.61. The number of hydrogen-bond donors (Lipinski definition) is 0. The van der Waals surface area contributed by atoms with E-state index in [4.69, 9.17) is 0 Å². The Morgan fingerprint density at radius 1 is 0.966 bits per heavy atom. The number of hydrogen-bond acceptors (Lipinski definition) is 1. The van der Waals surface area contributed by atoms with Crippen LogP contribution in [-0.4, -0.2) is 0 Å².